The lowest BCUT2D eigenvalue weighted by atomic mass is 10.4. The van der Waals surface area contributed by atoms with E-state index >= 15 is 0 Å². The molecule has 1 amide bonds. The molecule has 4 heteroatoms. The summed E-state index contributed by atoms with van der Waals surface area (Å²) >= 11 is 0. The molecule has 0 heterocycles. The number of hydrogen-bond acceptors (Lipinski definition) is 3. The van der Waals surface area contributed by atoms with Gasteiger partial charge in [0, 0.05) is 19.2 Å². The molecular weight excluding hydrogens is 118 g/mol. The van der Waals surface area contributed by atoms with Crippen LogP contribution >= 0.6 is 0 Å². The van der Waals surface area contributed by atoms with E-state index in [2.05, 4.69) is 10.5 Å². The van der Waals surface area contributed by atoms with Crippen LogP contribution in [0.5, 0.6) is 0 Å². The second kappa shape index (κ2) is 4.03. The van der Waals surface area contributed by atoms with E-state index in [9.17, 15) is 4.79 Å². The van der Waals surface area contributed by atoms with E-state index in [1.807, 2.05) is 0 Å². The van der Waals surface area contributed by atoms with Crippen LogP contribution in [0.25, 0.3) is 0 Å². The number of hydrazone groups is 1. The maximum atomic E-state index is 10.2. The Balaban J connectivity index is 3.56. The Morgan fingerprint density at radius 3 is 2.56 bits per heavy atom. The van der Waals surface area contributed by atoms with Gasteiger partial charge in [-0.1, -0.05) is 0 Å². The first-order valence-electron chi connectivity index (χ1n) is 2.66. The normalized spacial score (nSPS) is 11.2. The van der Waals surface area contributed by atoms with Gasteiger partial charge in [-0.2, -0.15) is 5.10 Å². The molecule has 0 rings (SSSR count). The third kappa shape index (κ3) is 4.96. The molecule has 0 aromatic rings. The van der Waals surface area contributed by atoms with Crippen LogP contribution < -0.4 is 11.2 Å². The van der Waals surface area contributed by atoms with E-state index in [4.69, 9.17) is 5.73 Å². The van der Waals surface area contributed by atoms with Crippen LogP contribution in [-0.2, 0) is 4.79 Å². The molecule has 0 spiro atoms. The number of hydrogen-bond donors (Lipinski definition) is 2. The van der Waals surface area contributed by atoms with E-state index < -0.39 is 0 Å². The summed E-state index contributed by atoms with van der Waals surface area (Å²) in [5.41, 5.74) is 8.15. The number of nitrogens with one attached hydrogen (secondary N) is 1. The summed E-state index contributed by atoms with van der Waals surface area (Å²) in [5, 5.41) is 3.63. The minimum atomic E-state index is -0.178. The Labute approximate surface area is 54.1 Å². The molecule has 0 fully saturated rings. The third-order valence-electron chi connectivity index (χ3n) is 0.700. The Kier molecular flexibility index (Phi) is 3.62. The fraction of sp³-hybridized carbons (Fsp3) is 0.600. The van der Waals surface area contributed by atoms with E-state index in [1.54, 1.807) is 6.92 Å². The smallest absolute Gasteiger partial charge is 0.236 e. The lowest BCUT2D eigenvalue weighted by Crippen LogP contribution is -2.18. The zero-order chi connectivity index (χ0) is 7.28. The minimum absolute atomic E-state index is 0.178. The van der Waals surface area contributed by atoms with E-state index in [-0.39, 0.29) is 5.91 Å². The highest BCUT2D eigenvalue weighted by Crippen LogP contribution is 1.68. The maximum Gasteiger partial charge on any atom is 0.236 e. The number of carbonyl (C=O) groups is 1. The first kappa shape index (κ1) is 8.10. The van der Waals surface area contributed by atoms with Crippen molar-refractivity contribution in [1.82, 2.24) is 5.43 Å². The topological polar surface area (TPSA) is 67.5 Å². The summed E-state index contributed by atoms with van der Waals surface area (Å²) in [6, 6.07) is 0. The number of carbonyl (C=O) groups excluding carboxylic acids is 1. The predicted molar refractivity (Wildman–Crippen MR) is 36.0 cm³/mol. The summed E-state index contributed by atoms with van der Waals surface area (Å²) in [6.07, 6.45) is 0. The number of rotatable bonds is 2. The Morgan fingerprint density at radius 2 is 2.22 bits per heavy atom. The fourth-order valence-corrected chi connectivity index (χ4v) is 0.220. The molecule has 0 aliphatic heterocycles. The Morgan fingerprint density at radius 1 is 1.67 bits per heavy atom. The van der Waals surface area contributed by atoms with Gasteiger partial charge in [-0.3, -0.25) is 4.79 Å². The summed E-state index contributed by atoms with van der Waals surface area (Å²) < 4.78 is 0. The zero-order valence-corrected chi connectivity index (χ0v) is 5.64. The number of amides is 1. The first-order chi connectivity index (χ1) is 4.16. The SMILES string of the molecule is CC(=O)NN=C(C)CN. The van der Waals surface area contributed by atoms with Crippen LogP contribution in [0.15, 0.2) is 5.10 Å². The highest BCUT2D eigenvalue weighted by molar-refractivity contribution is 5.85. The summed E-state index contributed by atoms with van der Waals surface area (Å²) in [4.78, 5) is 10.2. The number of nitrogens with two attached hydrogens (primary N) is 1. The van der Waals surface area contributed by atoms with Crippen LogP contribution in [0.4, 0.5) is 0 Å². The molecule has 3 N–H and O–H groups in total. The minimum Gasteiger partial charge on any atom is -0.325 e. The van der Waals surface area contributed by atoms with Gasteiger partial charge in [0.1, 0.15) is 0 Å². The van der Waals surface area contributed by atoms with Crippen molar-refractivity contribution in [1.29, 1.82) is 0 Å². The van der Waals surface area contributed by atoms with Gasteiger partial charge < -0.3 is 5.73 Å². The van der Waals surface area contributed by atoms with Gasteiger partial charge in [0.05, 0.1) is 0 Å². The van der Waals surface area contributed by atoms with Crippen molar-refractivity contribution in [2.45, 2.75) is 13.8 Å². The van der Waals surface area contributed by atoms with Crippen molar-refractivity contribution in [3.05, 3.63) is 0 Å². The van der Waals surface area contributed by atoms with Crippen molar-refractivity contribution in [2.75, 3.05) is 6.54 Å². The van der Waals surface area contributed by atoms with Crippen LogP contribution in [-0.4, -0.2) is 18.2 Å². The molecule has 4 nitrogen and oxygen atoms in total. The lowest BCUT2D eigenvalue weighted by Gasteiger charge is -1.93. The lowest BCUT2D eigenvalue weighted by molar-refractivity contribution is -0.118. The molecule has 0 aromatic carbocycles. The molecule has 9 heavy (non-hydrogen) atoms. The molecule has 0 bridgehead atoms. The summed E-state index contributed by atoms with van der Waals surface area (Å²) in [6.45, 7) is 3.52. The molecule has 0 aromatic heterocycles. The number of nitrogens with zero attached hydrogens (tertiary/aromatic N) is 1. The monoisotopic (exact) mass is 129 g/mol. The summed E-state index contributed by atoms with van der Waals surface area (Å²) in [7, 11) is 0. The van der Waals surface area contributed by atoms with Gasteiger partial charge in [0.2, 0.25) is 5.91 Å². The molecule has 0 aliphatic carbocycles. The quantitative estimate of drug-likeness (QED) is 0.388. The van der Waals surface area contributed by atoms with Gasteiger partial charge in [-0.15, -0.1) is 0 Å². The van der Waals surface area contributed by atoms with Crippen LogP contribution in [0.1, 0.15) is 13.8 Å². The molecule has 0 aliphatic rings. The van der Waals surface area contributed by atoms with Gasteiger partial charge in [-0.05, 0) is 6.92 Å². The predicted octanol–water partition coefficient (Wildman–Crippen LogP) is -0.543. The molecule has 52 valence electrons. The molecule has 0 radical (unpaired) electrons. The van der Waals surface area contributed by atoms with E-state index in [0.717, 1.165) is 0 Å². The molecule has 0 unspecified atom stereocenters. The summed E-state index contributed by atoms with van der Waals surface area (Å²) in [5.74, 6) is -0.178. The second-order valence-corrected chi connectivity index (χ2v) is 1.72. The highest BCUT2D eigenvalue weighted by Gasteiger charge is 1.86. The standard InChI is InChI=1S/C5H11N3O/c1-4(3-6)7-8-5(2)9/h3,6H2,1-2H3,(H,8,9). The maximum absolute atomic E-state index is 10.2. The molecule has 0 saturated heterocycles. The van der Waals surface area contributed by atoms with Gasteiger partial charge in [0.25, 0.3) is 0 Å². The fourth-order valence-electron chi connectivity index (χ4n) is 0.220. The Hall–Kier alpha value is -0.900. The third-order valence-corrected chi connectivity index (χ3v) is 0.700. The van der Waals surface area contributed by atoms with E-state index in [1.165, 1.54) is 6.92 Å². The second-order valence-electron chi connectivity index (χ2n) is 1.72. The highest BCUT2D eigenvalue weighted by atomic mass is 16.2. The van der Waals surface area contributed by atoms with Gasteiger partial charge in [0.15, 0.2) is 0 Å². The van der Waals surface area contributed by atoms with Crippen molar-refractivity contribution in [3.8, 4) is 0 Å². The Bertz CT molecular complexity index is 130. The van der Waals surface area contributed by atoms with Gasteiger partial charge >= 0.3 is 0 Å². The average molecular weight is 129 g/mol. The van der Waals surface area contributed by atoms with Crippen molar-refractivity contribution < 1.29 is 4.79 Å². The van der Waals surface area contributed by atoms with Crippen LogP contribution in [0.3, 0.4) is 0 Å². The first-order valence-corrected chi connectivity index (χ1v) is 2.66. The molecule has 0 atom stereocenters. The zero-order valence-electron chi connectivity index (χ0n) is 5.64. The van der Waals surface area contributed by atoms with Crippen molar-refractivity contribution in [2.24, 2.45) is 10.8 Å². The molecular formula is C5H11N3O. The van der Waals surface area contributed by atoms with E-state index in [0.29, 0.717) is 12.3 Å². The average Bonchev–Trinajstić information content (AvgIpc) is 1.83. The van der Waals surface area contributed by atoms with Crippen molar-refractivity contribution in [3.63, 3.8) is 0 Å². The molecule has 0 saturated carbocycles. The van der Waals surface area contributed by atoms with Crippen LogP contribution in [0, 0.1) is 0 Å². The van der Waals surface area contributed by atoms with Gasteiger partial charge in [-0.25, -0.2) is 5.43 Å². The largest absolute Gasteiger partial charge is 0.325 e. The van der Waals surface area contributed by atoms with Crippen LogP contribution in [0.2, 0.25) is 0 Å². The van der Waals surface area contributed by atoms with Crippen molar-refractivity contribution >= 4 is 11.6 Å².